The maximum atomic E-state index is 13.0. The van der Waals surface area contributed by atoms with Gasteiger partial charge in [-0.3, -0.25) is 4.98 Å². The molecule has 1 atom stereocenters. The van der Waals surface area contributed by atoms with E-state index in [-0.39, 0.29) is 5.82 Å². The summed E-state index contributed by atoms with van der Waals surface area (Å²) in [4.78, 5) is 4.21. The largest absolute Gasteiger partial charge is 0.385 e. The van der Waals surface area contributed by atoms with E-state index in [1.165, 1.54) is 12.1 Å². The molecule has 0 aliphatic heterocycles. The summed E-state index contributed by atoms with van der Waals surface area (Å²) in [5, 5.41) is 12.9. The van der Waals surface area contributed by atoms with Gasteiger partial charge in [0, 0.05) is 29.8 Å². The Labute approximate surface area is 122 Å². The standard InChI is InChI=1S/C18H16FNO/c1-18(21,10-13-6-8-15(19)9-7-13)17-12-20-11-14-4-2-3-5-16(14)17/h2-9,11-12,21H,10H2,1H3. The Morgan fingerprint density at radius 2 is 1.76 bits per heavy atom. The predicted molar refractivity (Wildman–Crippen MR) is 81.4 cm³/mol. The van der Waals surface area contributed by atoms with Crippen LogP contribution >= 0.6 is 0 Å². The summed E-state index contributed by atoms with van der Waals surface area (Å²) >= 11 is 0. The first-order chi connectivity index (χ1) is 10.1. The molecule has 1 heterocycles. The van der Waals surface area contributed by atoms with Crippen LogP contribution in [0, 0.1) is 5.82 Å². The normalized spacial score (nSPS) is 14.0. The van der Waals surface area contributed by atoms with Crippen molar-refractivity contribution in [1.29, 1.82) is 0 Å². The number of aromatic nitrogens is 1. The molecule has 0 aliphatic rings. The highest BCUT2D eigenvalue weighted by Gasteiger charge is 2.26. The predicted octanol–water partition coefficient (Wildman–Crippen LogP) is 3.82. The van der Waals surface area contributed by atoms with Gasteiger partial charge < -0.3 is 5.11 Å². The van der Waals surface area contributed by atoms with E-state index >= 15 is 0 Å². The second-order valence-electron chi connectivity index (χ2n) is 5.49. The van der Waals surface area contributed by atoms with Gasteiger partial charge in [0.1, 0.15) is 5.82 Å². The SMILES string of the molecule is CC(O)(Cc1ccc(F)cc1)c1cncc2ccccc12. The molecule has 0 radical (unpaired) electrons. The highest BCUT2D eigenvalue weighted by molar-refractivity contribution is 5.85. The lowest BCUT2D eigenvalue weighted by molar-refractivity contribution is 0.0588. The molecule has 0 saturated heterocycles. The van der Waals surface area contributed by atoms with Gasteiger partial charge in [-0.2, -0.15) is 0 Å². The van der Waals surface area contributed by atoms with E-state index in [4.69, 9.17) is 0 Å². The van der Waals surface area contributed by atoms with Gasteiger partial charge in [-0.05, 0) is 30.0 Å². The molecule has 0 aliphatic carbocycles. The van der Waals surface area contributed by atoms with Crippen LogP contribution in [0.25, 0.3) is 10.8 Å². The molecule has 0 saturated carbocycles. The van der Waals surface area contributed by atoms with Crippen LogP contribution in [0.3, 0.4) is 0 Å². The molecule has 1 N–H and O–H groups in total. The molecule has 0 fully saturated rings. The molecular formula is C18H16FNO. The molecular weight excluding hydrogens is 265 g/mol. The minimum absolute atomic E-state index is 0.273. The number of benzene rings is 2. The Morgan fingerprint density at radius 1 is 1.05 bits per heavy atom. The lowest BCUT2D eigenvalue weighted by atomic mass is 9.87. The van der Waals surface area contributed by atoms with E-state index in [1.54, 1.807) is 31.5 Å². The minimum atomic E-state index is -1.06. The van der Waals surface area contributed by atoms with Crippen molar-refractivity contribution >= 4 is 10.8 Å². The van der Waals surface area contributed by atoms with Crippen molar-refractivity contribution < 1.29 is 9.50 Å². The van der Waals surface area contributed by atoms with Crippen molar-refractivity contribution in [2.24, 2.45) is 0 Å². The summed E-state index contributed by atoms with van der Waals surface area (Å²) in [6, 6.07) is 14.1. The quantitative estimate of drug-likeness (QED) is 0.791. The summed E-state index contributed by atoms with van der Waals surface area (Å²) in [6.45, 7) is 1.76. The Morgan fingerprint density at radius 3 is 2.52 bits per heavy atom. The first-order valence-electron chi connectivity index (χ1n) is 6.86. The van der Waals surface area contributed by atoms with Crippen molar-refractivity contribution in [3.05, 3.63) is 77.9 Å². The van der Waals surface area contributed by atoms with Crippen molar-refractivity contribution in [3.63, 3.8) is 0 Å². The average Bonchev–Trinajstić information content (AvgIpc) is 2.49. The molecule has 2 aromatic carbocycles. The Kier molecular flexibility index (Phi) is 3.43. The van der Waals surface area contributed by atoms with Gasteiger partial charge in [-0.15, -0.1) is 0 Å². The number of nitrogens with zero attached hydrogens (tertiary/aromatic N) is 1. The van der Waals surface area contributed by atoms with E-state index < -0.39 is 5.60 Å². The van der Waals surface area contributed by atoms with Crippen LogP contribution in [-0.2, 0) is 12.0 Å². The summed E-state index contributed by atoms with van der Waals surface area (Å²) in [5.74, 6) is -0.273. The molecule has 3 rings (SSSR count). The van der Waals surface area contributed by atoms with E-state index in [1.807, 2.05) is 24.3 Å². The lowest BCUT2D eigenvalue weighted by Crippen LogP contribution is -2.24. The Hall–Kier alpha value is -2.26. The minimum Gasteiger partial charge on any atom is -0.385 e. The molecule has 21 heavy (non-hydrogen) atoms. The summed E-state index contributed by atoms with van der Waals surface area (Å²) < 4.78 is 13.0. The molecule has 3 aromatic rings. The van der Waals surface area contributed by atoms with Gasteiger partial charge in [0.2, 0.25) is 0 Å². The molecule has 0 bridgehead atoms. The van der Waals surface area contributed by atoms with E-state index in [9.17, 15) is 9.50 Å². The second-order valence-corrected chi connectivity index (χ2v) is 5.49. The van der Waals surface area contributed by atoms with Crippen LogP contribution in [0.5, 0.6) is 0 Å². The van der Waals surface area contributed by atoms with Gasteiger partial charge in [0.15, 0.2) is 0 Å². The van der Waals surface area contributed by atoms with Crippen LogP contribution < -0.4 is 0 Å². The summed E-state index contributed by atoms with van der Waals surface area (Å²) in [6.07, 6.45) is 3.89. The second kappa shape index (κ2) is 5.26. The Balaban J connectivity index is 2.01. The molecule has 106 valence electrons. The van der Waals surface area contributed by atoms with Crippen LogP contribution in [0.4, 0.5) is 4.39 Å². The van der Waals surface area contributed by atoms with E-state index in [2.05, 4.69) is 4.98 Å². The topological polar surface area (TPSA) is 33.1 Å². The van der Waals surface area contributed by atoms with Crippen LogP contribution in [0.2, 0.25) is 0 Å². The molecule has 0 amide bonds. The summed E-state index contributed by atoms with van der Waals surface area (Å²) in [7, 11) is 0. The molecule has 2 nitrogen and oxygen atoms in total. The van der Waals surface area contributed by atoms with Crippen LogP contribution in [0.15, 0.2) is 60.9 Å². The van der Waals surface area contributed by atoms with Gasteiger partial charge >= 0.3 is 0 Å². The number of aliphatic hydroxyl groups is 1. The third-order valence-electron chi connectivity index (χ3n) is 3.71. The first kappa shape index (κ1) is 13.7. The number of hydrogen-bond acceptors (Lipinski definition) is 2. The molecule has 1 aromatic heterocycles. The smallest absolute Gasteiger partial charge is 0.123 e. The number of fused-ring (bicyclic) bond motifs is 1. The number of rotatable bonds is 3. The number of pyridine rings is 1. The zero-order valence-corrected chi connectivity index (χ0v) is 11.8. The number of halogens is 1. The number of hydrogen-bond donors (Lipinski definition) is 1. The zero-order chi connectivity index (χ0) is 14.9. The van der Waals surface area contributed by atoms with Gasteiger partial charge in [-0.1, -0.05) is 36.4 Å². The monoisotopic (exact) mass is 281 g/mol. The third kappa shape index (κ3) is 2.78. The third-order valence-corrected chi connectivity index (χ3v) is 3.71. The summed E-state index contributed by atoms with van der Waals surface area (Å²) in [5.41, 5.74) is 0.602. The van der Waals surface area contributed by atoms with Crippen molar-refractivity contribution in [2.75, 3.05) is 0 Å². The van der Waals surface area contributed by atoms with Crippen molar-refractivity contribution in [2.45, 2.75) is 18.9 Å². The fraction of sp³-hybridized carbons (Fsp3) is 0.167. The van der Waals surface area contributed by atoms with Crippen molar-refractivity contribution in [1.82, 2.24) is 4.98 Å². The highest BCUT2D eigenvalue weighted by atomic mass is 19.1. The average molecular weight is 281 g/mol. The van der Waals surface area contributed by atoms with Gasteiger partial charge in [0.05, 0.1) is 5.60 Å². The first-order valence-corrected chi connectivity index (χ1v) is 6.86. The maximum absolute atomic E-state index is 13.0. The molecule has 0 spiro atoms. The van der Waals surface area contributed by atoms with E-state index in [0.29, 0.717) is 6.42 Å². The van der Waals surface area contributed by atoms with Crippen LogP contribution in [0.1, 0.15) is 18.1 Å². The molecule has 1 unspecified atom stereocenters. The zero-order valence-electron chi connectivity index (χ0n) is 11.8. The molecule has 3 heteroatoms. The lowest BCUT2D eigenvalue weighted by Gasteiger charge is -2.25. The van der Waals surface area contributed by atoms with E-state index in [0.717, 1.165) is 21.9 Å². The van der Waals surface area contributed by atoms with Crippen LogP contribution in [-0.4, -0.2) is 10.1 Å². The van der Waals surface area contributed by atoms with Gasteiger partial charge in [0.25, 0.3) is 0 Å². The Bertz CT molecular complexity index is 760. The maximum Gasteiger partial charge on any atom is 0.123 e. The fourth-order valence-corrected chi connectivity index (χ4v) is 2.64. The fourth-order valence-electron chi connectivity index (χ4n) is 2.64. The van der Waals surface area contributed by atoms with Crippen molar-refractivity contribution in [3.8, 4) is 0 Å². The van der Waals surface area contributed by atoms with Gasteiger partial charge in [-0.25, -0.2) is 4.39 Å². The highest BCUT2D eigenvalue weighted by Crippen LogP contribution is 2.30.